The SMILES string of the molecule is CCOc1ccccc1C(NN)c1ccc(C)cc1F. The van der Waals surface area contributed by atoms with E-state index in [1.54, 1.807) is 6.07 Å². The smallest absolute Gasteiger partial charge is 0.128 e. The monoisotopic (exact) mass is 274 g/mol. The molecule has 20 heavy (non-hydrogen) atoms. The van der Waals surface area contributed by atoms with Crippen LogP contribution in [0.2, 0.25) is 0 Å². The Bertz CT molecular complexity index is 586. The summed E-state index contributed by atoms with van der Waals surface area (Å²) < 4.78 is 19.7. The molecule has 0 saturated heterocycles. The number of rotatable bonds is 5. The molecule has 2 rings (SSSR count). The van der Waals surface area contributed by atoms with E-state index >= 15 is 0 Å². The van der Waals surface area contributed by atoms with Gasteiger partial charge in [-0.2, -0.15) is 0 Å². The average molecular weight is 274 g/mol. The molecule has 0 aliphatic heterocycles. The maximum absolute atomic E-state index is 14.2. The number of hydrogen-bond donors (Lipinski definition) is 2. The minimum Gasteiger partial charge on any atom is -0.494 e. The number of para-hydroxylation sites is 1. The normalized spacial score (nSPS) is 12.2. The van der Waals surface area contributed by atoms with E-state index in [9.17, 15) is 4.39 Å². The molecule has 106 valence electrons. The lowest BCUT2D eigenvalue weighted by atomic mass is 9.97. The van der Waals surface area contributed by atoms with Gasteiger partial charge in [-0.25, -0.2) is 9.82 Å². The molecule has 0 saturated carbocycles. The lowest BCUT2D eigenvalue weighted by Gasteiger charge is -2.20. The van der Waals surface area contributed by atoms with Gasteiger partial charge in [-0.1, -0.05) is 30.3 Å². The molecule has 0 fully saturated rings. The molecule has 3 nitrogen and oxygen atoms in total. The van der Waals surface area contributed by atoms with Gasteiger partial charge in [0.2, 0.25) is 0 Å². The highest BCUT2D eigenvalue weighted by atomic mass is 19.1. The van der Waals surface area contributed by atoms with Crippen LogP contribution in [0.15, 0.2) is 42.5 Å². The summed E-state index contributed by atoms with van der Waals surface area (Å²) in [6.45, 7) is 4.31. The first kappa shape index (κ1) is 14.5. The molecule has 0 amide bonds. The van der Waals surface area contributed by atoms with E-state index in [4.69, 9.17) is 10.6 Å². The zero-order valence-electron chi connectivity index (χ0n) is 11.7. The number of hydrazine groups is 1. The predicted octanol–water partition coefficient (Wildman–Crippen LogP) is 3.09. The van der Waals surface area contributed by atoms with E-state index in [0.717, 1.165) is 11.1 Å². The van der Waals surface area contributed by atoms with Gasteiger partial charge >= 0.3 is 0 Å². The Morgan fingerprint density at radius 2 is 1.95 bits per heavy atom. The summed E-state index contributed by atoms with van der Waals surface area (Å²) in [5, 5.41) is 0. The van der Waals surface area contributed by atoms with Crippen molar-refractivity contribution in [3.63, 3.8) is 0 Å². The molecule has 0 aromatic heterocycles. The van der Waals surface area contributed by atoms with Gasteiger partial charge in [-0.15, -0.1) is 0 Å². The van der Waals surface area contributed by atoms with Crippen LogP contribution in [0.3, 0.4) is 0 Å². The molecule has 0 spiro atoms. The van der Waals surface area contributed by atoms with Crippen molar-refractivity contribution in [2.24, 2.45) is 5.84 Å². The molecule has 1 atom stereocenters. The van der Waals surface area contributed by atoms with Gasteiger partial charge in [-0.05, 0) is 31.5 Å². The molecule has 0 heterocycles. The zero-order chi connectivity index (χ0) is 14.5. The van der Waals surface area contributed by atoms with Crippen molar-refractivity contribution in [2.75, 3.05) is 6.61 Å². The first-order valence-corrected chi connectivity index (χ1v) is 6.61. The standard InChI is InChI=1S/C16H19FN2O/c1-3-20-15-7-5-4-6-13(15)16(19-18)12-9-8-11(2)10-14(12)17/h4-10,16,19H,3,18H2,1-2H3. The molecule has 2 aromatic carbocycles. The number of benzene rings is 2. The van der Waals surface area contributed by atoms with Crippen LogP contribution in [0.25, 0.3) is 0 Å². The van der Waals surface area contributed by atoms with Crippen LogP contribution in [-0.2, 0) is 0 Å². The van der Waals surface area contributed by atoms with E-state index < -0.39 is 6.04 Å². The molecular formula is C16H19FN2O. The fourth-order valence-corrected chi connectivity index (χ4v) is 2.22. The number of hydrogen-bond acceptors (Lipinski definition) is 3. The topological polar surface area (TPSA) is 47.3 Å². The number of ether oxygens (including phenoxy) is 1. The Morgan fingerprint density at radius 1 is 1.20 bits per heavy atom. The Hall–Kier alpha value is -1.91. The van der Waals surface area contributed by atoms with E-state index in [1.807, 2.05) is 44.2 Å². The maximum Gasteiger partial charge on any atom is 0.128 e. The van der Waals surface area contributed by atoms with Crippen LogP contribution in [0, 0.1) is 12.7 Å². The summed E-state index contributed by atoms with van der Waals surface area (Å²) in [5.74, 6) is 6.06. The zero-order valence-corrected chi connectivity index (χ0v) is 11.7. The first-order chi connectivity index (χ1) is 9.67. The van der Waals surface area contributed by atoms with Crippen molar-refractivity contribution < 1.29 is 9.13 Å². The molecule has 0 aliphatic carbocycles. The molecule has 0 radical (unpaired) electrons. The van der Waals surface area contributed by atoms with Gasteiger partial charge < -0.3 is 4.74 Å². The maximum atomic E-state index is 14.2. The van der Waals surface area contributed by atoms with Crippen molar-refractivity contribution in [1.29, 1.82) is 0 Å². The molecule has 4 heteroatoms. The molecule has 2 aromatic rings. The summed E-state index contributed by atoms with van der Waals surface area (Å²) in [5.41, 5.74) is 4.87. The summed E-state index contributed by atoms with van der Waals surface area (Å²) in [7, 11) is 0. The van der Waals surface area contributed by atoms with Crippen LogP contribution in [0.4, 0.5) is 4.39 Å². The van der Waals surface area contributed by atoms with E-state index in [0.29, 0.717) is 17.9 Å². The highest BCUT2D eigenvalue weighted by molar-refractivity contribution is 5.42. The van der Waals surface area contributed by atoms with E-state index in [2.05, 4.69) is 5.43 Å². The van der Waals surface area contributed by atoms with Gasteiger partial charge in [0.1, 0.15) is 11.6 Å². The van der Waals surface area contributed by atoms with Crippen molar-refractivity contribution in [3.05, 3.63) is 65.0 Å². The van der Waals surface area contributed by atoms with Crippen LogP contribution in [0.1, 0.15) is 29.7 Å². The average Bonchev–Trinajstić information content (AvgIpc) is 2.44. The predicted molar refractivity (Wildman–Crippen MR) is 77.9 cm³/mol. The Morgan fingerprint density at radius 3 is 2.60 bits per heavy atom. The second-order valence-corrected chi connectivity index (χ2v) is 4.60. The lowest BCUT2D eigenvalue weighted by molar-refractivity contribution is 0.333. The minimum absolute atomic E-state index is 0.278. The minimum atomic E-state index is -0.446. The fourth-order valence-electron chi connectivity index (χ4n) is 2.22. The lowest BCUT2D eigenvalue weighted by Crippen LogP contribution is -2.30. The second kappa shape index (κ2) is 6.50. The third-order valence-electron chi connectivity index (χ3n) is 3.16. The van der Waals surface area contributed by atoms with Crippen molar-refractivity contribution >= 4 is 0 Å². The third kappa shape index (κ3) is 2.98. The summed E-state index contributed by atoms with van der Waals surface area (Å²) in [6.07, 6.45) is 0. The van der Waals surface area contributed by atoms with Crippen LogP contribution < -0.4 is 16.0 Å². The van der Waals surface area contributed by atoms with Gasteiger partial charge in [0, 0.05) is 11.1 Å². The highest BCUT2D eigenvalue weighted by Crippen LogP contribution is 2.31. The van der Waals surface area contributed by atoms with Gasteiger partial charge in [0.05, 0.1) is 12.6 Å². The quantitative estimate of drug-likeness (QED) is 0.650. The molecule has 1 unspecified atom stereocenters. The van der Waals surface area contributed by atoms with Crippen LogP contribution >= 0.6 is 0 Å². The third-order valence-corrected chi connectivity index (χ3v) is 3.16. The highest BCUT2D eigenvalue weighted by Gasteiger charge is 2.20. The largest absolute Gasteiger partial charge is 0.494 e. The fraction of sp³-hybridized carbons (Fsp3) is 0.250. The summed E-state index contributed by atoms with van der Waals surface area (Å²) in [6, 6.07) is 12.2. The van der Waals surface area contributed by atoms with Gasteiger partial charge in [0.15, 0.2) is 0 Å². The van der Waals surface area contributed by atoms with E-state index in [1.165, 1.54) is 6.07 Å². The Balaban J connectivity index is 2.47. The number of nitrogens with two attached hydrogens (primary N) is 1. The molecule has 3 N–H and O–H groups in total. The van der Waals surface area contributed by atoms with Crippen molar-refractivity contribution in [2.45, 2.75) is 19.9 Å². The van der Waals surface area contributed by atoms with Crippen LogP contribution in [0.5, 0.6) is 5.75 Å². The van der Waals surface area contributed by atoms with Crippen LogP contribution in [-0.4, -0.2) is 6.61 Å². The number of halogens is 1. The summed E-state index contributed by atoms with van der Waals surface area (Å²) >= 11 is 0. The Labute approximate surface area is 118 Å². The molecule has 0 bridgehead atoms. The molecule has 0 aliphatic rings. The second-order valence-electron chi connectivity index (χ2n) is 4.60. The Kier molecular flexibility index (Phi) is 4.71. The van der Waals surface area contributed by atoms with Crippen molar-refractivity contribution in [1.82, 2.24) is 5.43 Å². The van der Waals surface area contributed by atoms with Gasteiger partial charge in [-0.3, -0.25) is 5.84 Å². The van der Waals surface area contributed by atoms with Gasteiger partial charge in [0.25, 0.3) is 0 Å². The summed E-state index contributed by atoms with van der Waals surface area (Å²) in [4.78, 5) is 0. The molecular weight excluding hydrogens is 255 g/mol. The van der Waals surface area contributed by atoms with Crippen molar-refractivity contribution in [3.8, 4) is 5.75 Å². The first-order valence-electron chi connectivity index (χ1n) is 6.61. The van der Waals surface area contributed by atoms with E-state index in [-0.39, 0.29) is 5.82 Å². The number of aryl methyl sites for hydroxylation is 1. The number of nitrogens with one attached hydrogen (secondary N) is 1.